The van der Waals surface area contributed by atoms with E-state index in [0.717, 1.165) is 16.7 Å². The number of rotatable bonds is 7. The molecule has 3 aromatic rings. The number of nitrogens with zero attached hydrogens (tertiary/aromatic N) is 1. The summed E-state index contributed by atoms with van der Waals surface area (Å²) in [6, 6.07) is 23.4. The molecular formula is C25H22ClNO2. The summed E-state index contributed by atoms with van der Waals surface area (Å²) in [4.78, 5) is 0. The molecule has 0 heterocycles. The second-order valence-electron chi connectivity index (χ2n) is 6.59. The molecule has 0 atom stereocenters. The lowest BCUT2D eigenvalue weighted by molar-refractivity contribution is 0.269. The highest BCUT2D eigenvalue weighted by atomic mass is 35.5. The Kier molecular flexibility index (Phi) is 6.94. The first-order valence-electron chi connectivity index (χ1n) is 9.42. The Morgan fingerprint density at radius 2 is 1.69 bits per heavy atom. The third-order valence-electron chi connectivity index (χ3n) is 4.37. The fraction of sp³-hybridized carbons (Fsp3) is 0.160. The lowest BCUT2D eigenvalue weighted by Crippen LogP contribution is -2.00. The van der Waals surface area contributed by atoms with E-state index in [1.807, 2.05) is 43.3 Å². The molecule has 0 amide bonds. The highest BCUT2D eigenvalue weighted by Gasteiger charge is 2.08. The van der Waals surface area contributed by atoms with Crippen molar-refractivity contribution in [2.24, 2.45) is 0 Å². The number of aryl methyl sites for hydroxylation is 1. The van der Waals surface area contributed by atoms with Crippen molar-refractivity contribution in [3.8, 4) is 17.6 Å². The van der Waals surface area contributed by atoms with E-state index in [1.165, 1.54) is 5.56 Å². The quantitative estimate of drug-likeness (QED) is 0.326. The maximum atomic E-state index is 9.56. The first-order chi connectivity index (χ1) is 14.1. The van der Waals surface area contributed by atoms with E-state index in [9.17, 15) is 5.26 Å². The topological polar surface area (TPSA) is 42.2 Å². The zero-order chi connectivity index (χ0) is 20.6. The Morgan fingerprint density at radius 1 is 0.966 bits per heavy atom. The maximum absolute atomic E-state index is 9.56. The van der Waals surface area contributed by atoms with Gasteiger partial charge >= 0.3 is 0 Å². The molecule has 0 aliphatic heterocycles. The van der Waals surface area contributed by atoms with Gasteiger partial charge in [-0.05, 0) is 60.9 Å². The molecule has 146 valence electrons. The van der Waals surface area contributed by atoms with Gasteiger partial charge in [-0.15, -0.1) is 0 Å². The second kappa shape index (κ2) is 9.82. The summed E-state index contributed by atoms with van der Waals surface area (Å²) in [5.74, 6) is 1.33. The fourth-order valence-corrected chi connectivity index (χ4v) is 2.95. The van der Waals surface area contributed by atoms with E-state index < -0.39 is 0 Å². The van der Waals surface area contributed by atoms with Crippen LogP contribution in [0.25, 0.3) is 11.6 Å². The number of benzene rings is 3. The van der Waals surface area contributed by atoms with Crippen LogP contribution in [0.1, 0.15) is 29.2 Å². The predicted octanol–water partition coefficient (Wildman–Crippen LogP) is 6.69. The molecule has 0 saturated carbocycles. The summed E-state index contributed by atoms with van der Waals surface area (Å²) >= 11 is 5.94. The van der Waals surface area contributed by atoms with Crippen molar-refractivity contribution in [1.29, 1.82) is 5.26 Å². The third-order valence-corrected chi connectivity index (χ3v) is 4.62. The fourth-order valence-electron chi connectivity index (χ4n) is 2.82. The Balaban J connectivity index is 1.83. The molecule has 0 saturated heterocycles. The van der Waals surface area contributed by atoms with Gasteiger partial charge in [0.15, 0.2) is 11.5 Å². The molecule has 0 radical (unpaired) electrons. The van der Waals surface area contributed by atoms with Gasteiger partial charge in [0.05, 0.1) is 18.2 Å². The predicted molar refractivity (Wildman–Crippen MR) is 118 cm³/mol. The third kappa shape index (κ3) is 5.63. The van der Waals surface area contributed by atoms with Crippen LogP contribution < -0.4 is 9.47 Å². The highest BCUT2D eigenvalue weighted by molar-refractivity contribution is 6.30. The number of allylic oxidation sites excluding steroid dienone is 1. The Hall–Kier alpha value is -3.22. The van der Waals surface area contributed by atoms with Gasteiger partial charge in [-0.1, -0.05) is 59.6 Å². The standard InChI is InChI=1S/C25H22ClNO2/c1-3-28-25-15-20(14-22(16-27)21-9-11-23(26)12-10-21)8-13-24(25)29-17-19-6-4-18(2)5-7-19/h4-15H,3,17H2,1-2H3/b22-14+. The molecule has 0 N–H and O–H groups in total. The molecule has 0 bridgehead atoms. The number of halogens is 1. The van der Waals surface area contributed by atoms with Crippen LogP contribution in [0.4, 0.5) is 0 Å². The molecule has 0 aliphatic carbocycles. The molecular weight excluding hydrogens is 382 g/mol. The summed E-state index contributed by atoms with van der Waals surface area (Å²) in [6.07, 6.45) is 1.83. The Morgan fingerprint density at radius 3 is 2.34 bits per heavy atom. The van der Waals surface area contributed by atoms with Crippen LogP contribution in [-0.4, -0.2) is 6.61 Å². The largest absolute Gasteiger partial charge is 0.490 e. The van der Waals surface area contributed by atoms with E-state index in [0.29, 0.717) is 35.3 Å². The molecule has 4 heteroatoms. The van der Waals surface area contributed by atoms with Crippen molar-refractivity contribution in [2.75, 3.05) is 6.61 Å². The first kappa shape index (κ1) is 20.5. The normalized spacial score (nSPS) is 11.0. The minimum absolute atomic E-state index is 0.462. The lowest BCUT2D eigenvalue weighted by Gasteiger charge is -2.13. The van der Waals surface area contributed by atoms with Gasteiger partial charge in [0.25, 0.3) is 0 Å². The van der Waals surface area contributed by atoms with Crippen LogP contribution in [0.5, 0.6) is 11.5 Å². The first-order valence-corrected chi connectivity index (χ1v) is 9.79. The van der Waals surface area contributed by atoms with Crippen LogP contribution >= 0.6 is 11.6 Å². The number of hydrogen-bond acceptors (Lipinski definition) is 3. The summed E-state index contributed by atoms with van der Waals surface area (Å²) in [5, 5.41) is 10.2. The molecule has 3 nitrogen and oxygen atoms in total. The average molecular weight is 404 g/mol. The molecule has 0 aromatic heterocycles. The zero-order valence-electron chi connectivity index (χ0n) is 16.5. The SMILES string of the molecule is CCOc1cc(/C=C(\C#N)c2ccc(Cl)cc2)ccc1OCc1ccc(C)cc1. The Labute approximate surface area is 176 Å². The highest BCUT2D eigenvalue weighted by Crippen LogP contribution is 2.31. The molecule has 0 fully saturated rings. The van der Waals surface area contributed by atoms with Crippen LogP contribution in [0, 0.1) is 18.3 Å². The molecule has 29 heavy (non-hydrogen) atoms. The van der Waals surface area contributed by atoms with Crippen molar-refractivity contribution in [3.63, 3.8) is 0 Å². The number of ether oxygens (including phenoxy) is 2. The molecule has 3 rings (SSSR count). The van der Waals surface area contributed by atoms with Crippen molar-refractivity contribution in [3.05, 3.63) is 94.0 Å². The molecule has 0 aliphatic rings. The van der Waals surface area contributed by atoms with Crippen molar-refractivity contribution in [2.45, 2.75) is 20.5 Å². The monoisotopic (exact) mass is 403 g/mol. The minimum Gasteiger partial charge on any atom is -0.490 e. The van der Waals surface area contributed by atoms with E-state index in [4.69, 9.17) is 21.1 Å². The van der Waals surface area contributed by atoms with Gasteiger partial charge in [0.1, 0.15) is 6.61 Å². The summed E-state index contributed by atoms with van der Waals surface area (Å²) in [7, 11) is 0. The van der Waals surface area contributed by atoms with Crippen LogP contribution in [0.3, 0.4) is 0 Å². The van der Waals surface area contributed by atoms with Gasteiger partial charge in [-0.25, -0.2) is 0 Å². The zero-order valence-corrected chi connectivity index (χ0v) is 17.2. The van der Waals surface area contributed by atoms with Gasteiger partial charge in [0.2, 0.25) is 0 Å². The van der Waals surface area contributed by atoms with E-state index in [-0.39, 0.29) is 0 Å². The summed E-state index contributed by atoms with van der Waals surface area (Å²) in [6.45, 7) is 4.98. The van der Waals surface area contributed by atoms with Gasteiger partial charge < -0.3 is 9.47 Å². The van der Waals surface area contributed by atoms with E-state index in [1.54, 1.807) is 12.1 Å². The maximum Gasteiger partial charge on any atom is 0.161 e. The molecule has 3 aromatic carbocycles. The van der Waals surface area contributed by atoms with Crippen molar-refractivity contribution >= 4 is 23.3 Å². The number of hydrogen-bond donors (Lipinski definition) is 0. The average Bonchev–Trinajstić information content (AvgIpc) is 2.73. The minimum atomic E-state index is 0.462. The van der Waals surface area contributed by atoms with Gasteiger partial charge in [-0.3, -0.25) is 0 Å². The van der Waals surface area contributed by atoms with Crippen molar-refractivity contribution < 1.29 is 9.47 Å². The van der Waals surface area contributed by atoms with Crippen LogP contribution in [0.15, 0.2) is 66.7 Å². The lowest BCUT2D eigenvalue weighted by atomic mass is 10.0. The van der Waals surface area contributed by atoms with E-state index in [2.05, 4.69) is 37.3 Å². The van der Waals surface area contributed by atoms with E-state index >= 15 is 0 Å². The van der Waals surface area contributed by atoms with Crippen LogP contribution in [-0.2, 0) is 6.61 Å². The molecule has 0 unspecified atom stereocenters. The summed E-state index contributed by atoms with van der Waals surface area (Å²) < 4.78 is 11.7. The Bertz CT molecular complexity index is 1030. The summed E-state index contributed by atoms with van der Waals surface area (Å²) in [5.41, 5.74) is 4.54. The molecule has 0 spiro atoms. The van der Waals surface area contributed by atoms with Gasteiger partial charge in [0, 0.05) is 5.02 Å². The van der Waals surface area contributed by atoms with Crippen LogP contribution in [0.2, 0.25) is 5.02 Å². The number of nitriles is 1. The second-order valence-corrected chi connectivity index (χ2v) is 7.03. The van der Waals surface area contributed by atoms with Gasteiger partial charge in [-0.2, -0.15) is 5.26 Å². The smallest absolute Gasteiger partial charge is 0.161 e. The van der Waals surface area contributed by atoms with Crippen molar-refractivity contribution in [1.82, 2.24) is 0 Å².